The summed E-state index contributed by atoms with van der Waals surface area (Å²) in [4.78, 5) is 38.4. The molecule has 7 nitrogen and oxygen atoms in total. The van der Waals surface area contributed by atoms with Gasteiger partial charge in [-0.15, -0.1) is 0 Å². The molecule has 3 heterocycles. The molecule has 0 amide bonds. The van der Waals surface area contributed by atoms with E-state index in [4.69, 9.17) is 18.6 Å². The summed E-state index contributed by atoms with van der Waals surface area (Å²) in [6.45, 7) is 1.83. The number of hydrogen-bond donors (Lipinski definition) is 0. The van der Waals surface area contributed by atoms with Crippen molar-refractivity contribution < 1.29 is 33.0 Å². The van der Waals surface area contributed by atoms with E-state index in [0.717, 1.165) is 12.0 Å². The molecule has 5 rings (SSSR count). The summed E-state index contributed by atoms with van der Waals surface area (Å²) in [6, 6.07) is 15.1. The highest BCUT2D eigenvalue weighted by atomic mass is 16.5. The Bertz CT molecular complexity index is 1400. The highest BCUT2D eigenvalue weighted by Crippen LogP contribution is 2.48. The third kappa shape index (κ3) is 5.82. The van der Waals surface area contributed by atoms with Crippen LogP contribution in [0.15, 0.2) is 59.0 Å². The van der Waals surface area contributed by atoms with E-state index in [9.17, 15) is 14.4 Å². The molecule has 1 unspecified atom stereocenters. The Kier molecular flexibility index (Phi) is 7.96. The molecule has 3 aromatic rings. The van der Waals surface area contributed by atoms with Crippen LogP contribution in [-0.4, -0.2) is 30.9 Å². The minimum absolute atomic E-state index is 0.0409. The lowest BCUT2D eigenvalue weighted by atomic mass is 9.86. The van der Waals surface area contributed by atoms with Gasteiger partial charge in [0.2, 0.25) is 0 Å². The van der Waals surface area contributed by atoms with Gasteiger partial charge < -0.3 is 18.6 Å². The van der Waals surface area contributed by atoms with Crippen LogP contribution in [0.25, 0.3) is 17.4 Å². The van der Waals surface area contributed by atoms with Crippen LogP contribution >= 0.6 is 0 Å². The lowest BCUT2D eigenvalue weighted by Gasteiger charge is -2.27. The Labute approximate surface area is 227 Å². The summed E-state index contributed by atoms with van der Waals surface area (Å²) in [7, 11) is 1.50. The van der Waals surface area contributed by atoms with E-state index in [2.05, 4.69) is 0 Å². The zero-order valence-corrected chi connectivity index (χ0v) is 22.2. The number of allylic oxidation sites excluding steroid dienone is 1. The van der Waals surface area contributed by atoms with Gasteiger partial charge in [0.15, 0.2) is 0 Å². The number of cyclic esters (lactones) is 1. The van der Waals surface area contributed by atoms with Gasteiger partial charge in [0, 0.05) is 24.0 Å². The number of Topliss-reactive ketones (excluding diaryl/α,β-unsaturated/α-hetero) is 1. The molecule has 0 bridgehead atoms. The van der Waals surface area contributed by atoms with E-state index in [1.165, 1.54) is 7.11 Å². The van der Waals surface area contributed by atoms with Gasteiger partial charge in [-0.05, 0) is 56.4 Å². The monoisotopic (exact) mass is 528 g/mol. The van der Waals surface area contributed by atoms with Gasteiger partial charge in [-0.2, -0.15) is 0 Å². The second-order valence-corrected chi connectivity index (χ2v) is 10.0. The first kappa shape index (κ1) is 26.5. The lowest BCUT2D eigenvalue weighted by Crippen LogP contribution is -2.24. The maximum absolute atomic E-state index is 13.6. The van der Waals surface area contributed by atoms with Crippen molar-refractivity contribution in [2.45, 2.75) is 63.9 Å². The van der Waals surface area contributed by atoms with Crippen LogP contribution in [0.1, 0.15) is 85.0 Å². The van der Waals surface area contributed by atoms with Crippen molar-refractivity contribution in [3.05, 3.63) is 77.1 Å². The minimum atomic E-state index is -0.523. The summed E-state index contributed by atoms with van der Waals surface area (Å²) < 4.78 is 23.6. The van der Waals surface area contributed by atoms with Crippen molar-refractivity contribution in [2.75, 3.05) is 7.11 Å². The topological polar surface area (TPSA) is 92.0 Å². The zero-order chi connectivity index (χ0) is 27.4. The number of carbonyl (C=O) groups is 3. The number of ketones is 1. The number of carbonyl (C=O) groups excluding carboxylic acids is 3. The van der Waals surface area contributed by atoms with E-state index < -0.39 is 17.9 Å². The number of hydrogen-bond acceptors (Lipinski definition) is 7. The van der Waals surface area contributed by atoms with Crippen LogP contribution in [0.5, 0.6) is 11.5 Å². The summed E-state index contributed by atoms with van der Waals surface area (Å²) in [5.41, 5.74) is 2.31. The molecule has 0 saturated heterocycles. The molecule has 2 aromatic carbocycles. The Morgan fingerprint density at radius 2 is 1.77 bits per heavy atom. The highest BCUT2D eigenvalue weighted by Gasteiger charge is 2.37. The molecule has 2 atom stereocenters. The number of benzene rings is 2. The fourth-order valence-electron chi connectivity index (χ4n) is 5.25. The van der Waals surface area contributed by atoms with Crippen molar-refractivity contribution >= 4 is 23.8 Å². The van der Waals surface area contributed by atoms with Gasteiger partial charge >= 0.3 is 11.9 Å². The molecular weight excluding hydrogens is 496 g/mol. The summed E-state index contributed by atoms with van der Waals surface area (Å²) in [5, 5.41) is 0. The Morgan fingerprint density at radius 1 is 0.974 bits per heavy atom. The van der Waals surface area contributed by atoms with Gasteiger partial charge in [0.25, 0.3) is 0 Å². The maximum Gasteiger partial charge on any atom is 0.342 e. The van der Waals surface area contributed by atoms with Crippen LogP contribution in [0.3, 0.4) is 0 Å². The minimum Gasteiger partial charge on any atom is -0.495 e. The first-order chi connectivity index (χ1) is 18.9. The van der Waals surface area contributed by atoms with Crippen LogP contribution in [0.2, 0.25) is 0 Å². The fourth-order valence-corrected chi connectivity index (χ4v) is 5.25. The quantitative estimate of drug-likeness (QED) is 0.270. The van der Waals surface area contributed by atoms with E-state index in [-0.39, 0.29) is 23.9 Å². The molecule has 7 heteroatoms. The van der Waals surface area contributed by atoms with Crippen molar-refractivity contribution in [1.29, 1.82) is 0 Å². The molecule has 0 spiro atoms. The van der Waals surface area contributed by atoms with Crippen LogP contribution < -0.4 is 9.47 Å². The SMILES string of the molecule is COc1c2c(cc3c1C(c1ccc(-c4ccccc4)o1)CC(=O)O3)C=CCCCC(=O)CCC[C@H](C)OC2=O. The summed E-state index contributed by atoms with van der Waals surface area (Å²) in [5.74, 6) is 0.685. The molecule has 1 aromatic heterocycles. The van der Waals surface area contributed by atoms with Crippen molar-refractivity contribution in [1.82, 2.24) is 0 Å². The first-order valence-corrected chi connectivity index (χ1v) is 13.4. The molecule has 0 aliphatic carbocycles. The van der Waals surface area contributed by atoms with E-state index in [1.807, 2.05) is 55.5 Å². The van der Waals surface area contributed by atoms with Gasteiger partial charge in [0.05, 0.1) is 25.6 Å². The number of methoxy groups -OCH3 is 1. The second-order valence-electron chi connectivity index (χ2n) is 10.0. The molecule has 0 N–H and O–H groups in total. The van der Waals surface area contributed by atoms with Crippen LogP contribution in [0, 0.1) is 0 Å². The van der Waals surface area contributed by atoms with E-state index in [0.29, 0.717) is 66.3 Å². The number of fused-ring (bicyclic) bond motifs is 2. The third-order valence-corrected chi connectivity index (χ3v) is 7.19. The molecule has 2 aliphatic heterocycles. The Balaban J connectivity index is 1.60. The highest BCUT2D eigenvalue weighted by molar-refractivity contribution is 5.99. The number of ether oxygens (including phenoxy) is 3. The van der Waals surface area contributed by atoms with Crippen LogP contribution in [-0.2, 0) is 14.3 Å². The Morgan fingerprint density at radius 3 is 2.56 bits per heavy atom. The summed E-state index contributed by atoms with van der Waals surface area (Å²) >= 11 is 0. The predicted octanol–water partition coefficient (Wildman–Crippen LogP) is 6.88. The molecule has 0 saturated carbocycles. The molecule has 0 fully saturated rings. The average Bonchev–Trinajstić information content (AvgIpc) is 3.42. The predicted molar refractivity (Wildman–Crippen MR) is 146 cm³/mol. The zero-order valence-electron chi connectivity index (χ0n) is 22.2. The van der Waals surface area contributed by atoms with Crippen LogP contribution in [0.4, 0.5) is 0 Å². The molecule has 39 heavy (non-hydrogen) atoms. The molecule has 2 aliphatic rings. The molecule has 0 radical (unpaired) electrons. The van der Waals surface area contributed by atoms with Crippen molar-refractivity contribution in [3.63, 3.8) is 0 Å². The van der Waals surface area contributed by atoms with E-state index >= 15 is 0 Å². The fraction of sp³-hybridized carbons (Fsp3) is 0.344. The smallest absolute Gasteiger partial charge is 0.342 e. The standard InChI is InChI=1S/C32H32O7/c1-20-10-9-15-23(33)14-8-4-7-13-22-18-27-30(31(36-2)29(22)32(35)37-20)24(19-28(34)39-27)26-17-16-25(38-26)21-11-5-3-6-12-21/h3,5-7,11-13,16-18,20,24H,4,8-10,14-15,19H2,1-2H3/t20-,24?/m0/s1. The van der Waals surface area contributed by atoms with Crippen molar-refractivity contribution in [3.8, 4) is 22.8 Å². The normalized spacial score (nSPS) is 20.3. The Hall–Kier alpha value is -4.13. The number of furan rings is 1. The average molecular weight is 529 g/mol. The van der Waals surface area contributed by atoms with E-state index in [1.54, 1.807) is 12.1 Å². The van der Waals surface area contributed by atoms with Gasteiger partial charge in [-0.3, -0.25) is 9.59 Å². The molecular formula is C32H32O7. The third-order valence-electron chi connectivity index (χ3n) is 7.19. The number of esters is 2. The largest absolute Gasteiger partial charge is 0.495 e. The summed E-state index contributed by atoms with van der Waals surface area (Å²) in [6.07, 6.45) is 7.05. The van der Waals surface area contributed by atoms with Gasteiger partial charge in [-0.25, -0.2) is 4.79 Å². The maximum atomic E-state index is 13.6. The van der Waals surface area contributed by atoms with Gasteiger partial charge in [-0.1, -0.05) is 42.5 Å². The number of rotatable bonds is 3. The lowest BCUT2D eigenvalue weighted by molar-refractivity contribution is -0.135. The molecule has 202 valence electrons. The van der Waals surface area contributed by atoms with Gasteiger partial charge in [0.1, 0.15) is 34.4 Å². The first-order valence-electron chi connectivity index (χ1n) is 13.4. The van der Waals surface area contributed by atoms with Crippen molar-refractivity contribution in [2.24, 2.45) is 0 Å². The second kappa shape index (κ2) is 11.7.